The van der Waals surface area contributed by atoms with Crippen LogP contribution in [0.5, 0.6) is 0 Å². The van der Waals surface area contributed by atoms with Crippen LogP contribution in [0.3, 0.4) is 0 Å². The van der Waals surface area contributed by atoms with Gasteiger partial charge in [-0.3, -0.25) is 0 Å². The van der Waals surface area contributed by atoms with E-state index in [4.69, 9.17) is 6.42 Å². The van der Waals surface area contributed by atoms with Crippen LogP contribution < -0.4 is 0 Å². The molecule has 0 fully saturated rings. The number of rotatable bonds is 4. The zero-order valence-corrected chi connectivity index (χ0v) is 9.71. The first-order chi connectivity index (χ1) is 8.38. The number of benzene rings is 2. The molecule has 0 saturated carbocycles. The molecular formula is C16H15N. The second-order valence-electron chi connectivity index (χ2n) is 3.96. The standard InChI is InChI=1S/C16H15N/c1-2-17(13-15-9-5-3-6-10-15)14-16-11-7-4-8-12-16/h1,3-12H,13-14H2. The predicted octanol–water partition coefficient (Wildman–Crippen LogP) is 3.28. The third kappa shape index (κ3) is 3.39. The highest BCUT2D eigenvalue weighted by atomic mass is 15.1. The first-order valence-electron chi connectivity index (χ1n) is 5.67. The van der Waals surface area contributed by atoms with E-state index in [-0.39, 0.29) is 0 Å². The van der Waals surface area contributed by atoms with Crippen molar-refractivity contribution in [2.45, 2.75) is 13.1 Å². The fourth-order valence-electron chi connectivity index (χ4n) is 1.75. The highest BCUT2D eigenvalue weighted by Crippen LogP contribution is 2.08. The van der Waals surface area contributed by atoms with Crippen molar-refractivity contribution >= 4 is 0 Å². The molecule has 0 aliphatic rings. The van der Waals surface area contributed by atoms with Crippen LogP contribution >= 0.6 is 0 Å². The molecule has 2 aromatic rings. The van der Waals surface area contributed by atoms with E-state index < -0.39 is 0 Å². The molecule has 0 spiro atoms. The molecule has 84 valence electrons. The summed E-state index contributed by atoms with van der Waals surface area (Å²) in [5, 5.41) is 0. The lowest BCUT2D eigenvalue weighted by Gasteiger charge is -2.17. The van der Waals surface area contributed by atoms with Gasteiger partial charge in [-0.05, 0) is 11.1 Å². The average Bonchev–Trinajstić information content (AvgIpc) is 2.40. The summed E-state index contributed by atoms with van der Waals surface area (Å²) in [4.78, 5) is 1.98. The van der Waals surface area contributed by atoms with Crippen LogP contribution in [0.15, 0.2) is 60.7 Å². The Morgan fingerprint density at radius 3 is 1.53 bits per heavy atom. The van der Waals surface area contributed by atoms with Gasteiger partial charge in [0.05, 0.1) is 13.1 Å². The molecule has 2 rings (SSSR count). The van der Waals surface area contributed by atoms with E-state index in [0.29, 0.717) is 0 Å². The fourth-order valence-corrected chi connectivity index (χ4v) is 1.75. The lowest BCUT2D eigenvalue weighted by Crippen LogP contribution is -2.16. The normalized spacial score (nSPS) is 9.59. The number of nitrogens with zero attached hydrogens (tertiary/aromatic N) is 1. The van der Waals surface area contributed by atoms with Crippen LogP contribution in [0.1, 0.15) is 11.1 Å². The maximum absolute atomic E-state index is 5.54. The molecule has 0 bridgehead atoms. The van der Waals surface area contributed by atoms with Crippen molar-refractivity contribution in [3.8, 4) is 12.5 Å². The van der Waals surface area contributed by atoms with Gasteiger partial charge in [0.1, 0.15) is 0 Å². The SMILES string of the molecule is C#CN(Cc1ccccc1)Cc1ccccc1. The quantitative estimate of drug-likeness (QED) is 0.565. The molecule has 0 atom stereocenters. The van der Waals surface area contributed by atoms with Gasteiger partial charge in [-0.2, -0.15) is 0 Å². The van der Waals surface area contributed by atoms with Gasteiger partial charge in [-0.15, -0.1) is 0 Å². The van der Waals surface area contributed by atoms with E-state index in [1.807, 2.05) is 41.3 Å². The topological polar surface area (TPSA) is 3.24 Å². The minimum atomic E-state index is 0.784. The van der Waals surface area contributed by atoms with Crippen molar-refractivity contribution in [1.82, 2.24) is 4.90 Å². The highest BCUT2D eigenvalue weighted by molar-refractivity contribution is 5.18. The Kier molecular flexibility index (Phi) is 3.83. The molecule has 0 unspecified atom stereocenters. The van der Waals surface area contributed by atoms with E-state index in [0.717, 1.165) is 13.1 Å². The summed E-state index contributed by atoms with van der Waals surface area (Å²) in [5.41, 5.74) is 2.47. The molecule has 0 aliphatic heterocycles. The minimum absolute atomic E-state index is 0.784. The monoisotopic (exact) mass is 221 g/mol. The van der Waals surface area contributed by atoms with Gasteiger partial charge < -0.3 is 4.90 Å². The van der Waals surface area contributed by atoms with Crippen molar-refractivity contribution < 1.29 is 0 Å². The highest BCUT2D eigenvalue weighted by Gasteiger charge is 2.01. The summed E-state index contributed by atoms with van der Waals surface area (Å²) in [5.74, 6) is 0. The largest absolute Gasteiger partial charge is 0.324 e. The first kappa shape index (κ1) is 11.3. The molecule has 0 aromatic heterocycles. The van der Waals surface area contributed by atoms with Gasteiger partial charge in [0.2, 0.25) is 0 Å². The second-order valence-corrected chi connectivity index (χ2v) is 3.96. The van der Waals surface area contributed by atoms with E-state index in [1.54, 1.807) is 0 Å². The molecule has 17 heavy (non-hydrogen) atoms. The van der Waals surface area contributed by atoms with Gasteiger partial charge in [0, 0.05) is 6.04 Å². The van der Waals surface area contributed by atoms with Crippen LogP contribution in [-0.2, 0) is 13.1 Å². The minimum Gasteiger partial charge on any atom is -0.324 e. The summed E-state index contributed by atoms with van der Waals surface area (Å²) in [6, 6.07) is 23.3. The van der Waals surface area contributed by atoms with E-state index >= 15 is 0 Å². The third-order valence-corrected chi connectivity index (χ3v) is 2.62. The van der Waals surface area contributed by atoms with Crippen molar-refractivity contribution in [3.63, 3.8) is 0 Å². The molecule has 1 nitrogen and oxygen atoms in total. The van der Waals surface area contributed by atoms with E-state index in [1.165, 1.54) is 11.1 Å². The number of hydrogen-bond acceptors (Lipinski definition) is 1. The maximum Gasteiger partial charge on any atom is 0.0514 e. The molecule has 0 heterocycles. The summed E-state index contributed by atoms with van der Waals surface area (Å²) in [7, 11) is 0. The lowest BCUT2D eigenvalue weighted by atomic mass is 10.2. The zero-order chi connectivity index (χ0) is 11.9. The Labute approximate surface area is 103 Å². The molecule has 0 aliphatic carbocycles. The summed E-state index contributed by atoms with van der Waals surface area (Å²) in [6.07, 6.45) is 5.54. The van der Waals surface area contributed by atoms with Crippen molar-refractivity contribution in [2.24, 2.45) is 0 Å². The van der Waals surface area contributed by atoms with E-state index in [9.17, 15) is 0 Å². The van der Waals surface area contributed by atoms with Crippen molar-refractivity contribution in [2.75, 3.05) is 0 Å². The predicted molar refractivity (Wildman–Crippen MR) is 71.0 cm³/mol. The van der Waals surface area contributed by atoms with Crippen LogP contribution in [0.4, 0.5) is 0 Å². The molecule has 2 aromatic carbocycles. The fraction of sp³-hybridized carbons (Fsp3) is 0.125. The third-order valence-electron chi connectivity index (χ3n) is 2.62. The summed E-state index contributed by atoms with van der Waals surface area (Å²) in [6.45, 7) is 1.57. The van der Waals surface area contributed by atoms with Gasteiger partial charge in [-0.1, -0.05) is 67.1 Å². The van der Waals surface area contributed by atoms with Gasteiger partial charge in [0.25, 0.3) is 0 Å². The smallest absolute Gasteiger partial charge is 0.0514 e. The summed E-state index contributed by atoms with van der Waals surface area (Å²) < 4.78 is 0. The van der Waals surface area contributed by atoms with Gasteiger partial charge >= 0.3 is 0 Å². The van der Waals surface area contributed by atoms with Crippen molar-refractivity contribution in [3.05, 3.63) is 71.8 Å². The average molecular weight is 221 g/mol. The lowest BCUT2D eigenvalue weighted by molar-refractivity contribution is 0.386. The molecule has 0 radical (unpaired) electrons. The zero-order valence-electron chi connectivity index (χ0n) is 9.71. The maximum atomic E-state index is 5.54. The Morgan fingerprint density at radius 1 is 0.765 bits per heavy atom. The van der Waals surface area contributed by atoms with E-state index in [2.05, 4.69) is 30.3 Å². The molecule has 0 saturated heterocycles. The molecule has 0 amide bonds. The second kappa shape index (κ2) is 5.77. The van der Waals surface area contributed by atoms with Crippen molar-refractivity contribution in [1.29, 1.82) is 0 Å². The Balaban J connectivity index is 2.01. The first-order valence-corrected chi connectivity index (χ1v) is 5.67. The number of terminal acetylenes is 1. The van der Waals surface area contributed by atoms with Crippen LogP contribution in [0, 0.1) is 12.5 Å². The Morgan fingerprint density at radius 2 is 1.18 bits per heavy atom. The summed E-state index contributed by atoms with van der Waals surface area (Å²) >= 11 is 0. The van der Waals surface area contributed by atoms with Crippen LogP contribution in [-0.4, -0.2) is 4.90 Å². The molecule has 1 heteroatoms. The molecule has 0 N–H and O–H groups in total. The van der Waals surface area contributed by atoms with Crippen LogP contribution in [0.2, 0.25) is 0 Å². The Hall–Kier alpha value is -2.20. The van der Waals surface area contributed by atoms with Crippen LogP contribution in [0.25, 0.3) is 0 Å². The van der Waals surface area contributed by atoms with Gasteiger partial charge in [0.15, 0.2) is 0 Å². The number of hydrogen-bond donors (Lipinski definition) is 0. The van der Waals surface area contributed by atoms with Gasteiger partial charge in [-0.25, -0.2) is 0 Å². The molecular weight excluding hydrogens is 206 g/mol. The Bertz CT molecular complexity index is 440.